The summed E-state index contributed by atoms with van der Waals surface area (Å²) in [4.78, 5) is 28.7. The van der Waals surface area contributed by atoms with Crippen molar-refractivity contribution in [2.75, 3.05) is 39.3 Å². The third-order valence-corrected chi connectivity index (χ3v) is 5.28. The molecule has 0 aliphatic carbocycles. The van der Waals surface area contributed by atoms with Crippen LogP contribution in [0, 0.1) is 0 Å². The molecule has 0 unspecified atom stereocenters. The van der Waals surface area contributed by atoms with Crippen LogP contribution in [0.2, 0.25) is 0 Å². The van der Waals surface area contributed by atoms with E-state index in [-0.39, 0.29) is 70.9 Å². The summed E-state index contributed by atoms with van der Waals surface area (Å²) in [6, 6.07) is 16.4. The van der Waals surface area contributed by atoms with E-state index in [1.807, 2.05) is 36.4 Å². The molecule has 3 N–H and O–H groups in total. The average Bonchev–Trinajstić information content (AvgIpc) is 2.95. The van der Waals surface area contributed by atoms with E-state index in [0.29, 0.717) is 53.8 Å². The Hall–Kier alpha value is -2.22. The third-order valence-electron chi connectivity index (χ3n) is 5.28. The second-order valence-corrected chi connectivity index (χ2v) is 8.08. The number of hydrogen-bond acceptors (Lipinski definition) is 10. The molecule has 13 heteroatoms. The van der Waals surface area contributed by atoms with E-state index in [2.05, 4.69) is 34.8 Å². The van der Waals surface area contributed by atoms with Gasteiger partial charge in [0.15, 0.2) is 0 Å². The van der Waals surface area contributed by atoms with Crippen LogP contribution in [0.4, 0.5) is 0 Å². The molecule has 0 aliphatic heterocycles. The molecule has 0 fully saturated rings. The van der Waals surface area contributed by atoms with Crippen LogP contribution in [-0.2, 0) is 36.9 Å². The normalized spacial score (nSPS) is 11.1. The number of nitrogens with zero attached hydrogens (tertiary/aromatic N) is 7. The van der Waals surface area contributed by atoms with Crippen LogP contribution in [0.25, 0.3) is 0 Å². The largest absolute Gasteiger partial charge is 2.00 e. The van der Waals surface area contributed by atoms with Gasteiger partial charge in [0.05, 0.1) is 73.6 Å². The van der Waals surface area contributed by atoms with Gasteiger partial charge in [-0.3, -0.25) is 19.9 Å². The maximum atomic E-state index is 9.24. The van der Waals surface area contributed by atoms with Crippen LogP contribution in [-0.4, -0.2) is 93.1 Å². The zero-order valence-corrected chi connectivity index (χ0v) is 26.1. The number of rotatable bonds is 15. The van der Waals surface area contributed by atoms with Crippen molar-refractivity contribution in [3.63, 3.8) is 0 Å². The fraction of sp³-hybridized carbons (Fsp3) is 0.333. The van der Waals surface area contributed by atoms with Gasteiger partial charge in [0.25, 0.3) is 0 Å². The molecular weight excluding hydrogens is 686 g/mol. The molecule has 0 amide bonds. The van der Waals surface area contributed by atoms with Gasteiger partial charge in [-0.15, -0.1) is 0 Å². The zero-order valence-electron chi connectivity index (χ0n) is 21.9. The van der Waals surface area contributed by atoms with Gasteiger partial charge in [0.2, 0.25) is 0 Å². The SMILES string of the molecule is OCc1cccc(C=NCCN(CCN=Cc2cccc(CO)n2)CCN=Cc2cccc(CO)n2)n1.[Br-].[Br-].[Fe+2]. The number of pyridine rings is 3. The Balaban J connectivity index is 0.00000507. The van der Waals surface area contributed by atoms with Crippen molar-refractivity contribution in [2.45, 2.75) is 19.8 Å². The summed E-state index contributed by atoms with van der Waals surface area (Å²) in [5.41, 5.74) is 3.96. The van der Waals surface area contributed by atoms with Gasteiger partial charge in [0, 0.05) is 38.3 Å². The Morgan fingerprint density at radius 2 is 0.850 bits per heavy atom. The Morgan fingerprint density at radius 1 is 0.550 bits per heavy atom. The van der Waals surface area contributed by atoms with E-state index in [1.54, 1.807) is 36.8 Å². The molecule has 3 aromatic heterocycles. The van der Waals surface area contributed by atoms with E-state index in [0.717, 1.165) is 19.6 Å². The van der Waals surface area contributed by atoms with Crippen molar-refractivity contribution in [1.29, 1.82) is 0 Å². The number of aliphatic imine (C=N–C) groups is 3. The molecule has 0 saturated heterocycles. The van der Waals surface area contributed by atoms with Gasteiger partial charge in [-0.25, -0.2) is 15.0 Å². The van der Waals surface area contributed by atoms with Crippen LogP contribution in [0.3, 0.4) is 0 Å². The molecule has 0 bridgehead atoms. The maximum Gasteiger partial charge on any atom is 2.00 e. The first-order chi connectivity index (χ1) is 18.2. The first-order valence-electron chi connectivity index (χ1n) is 12.1. The summed E-state index contributed by atoms with van der Waals surface area (Å²) in [6.45, 7) is 3.60. The quantitative estimate of drug-likeness (QED) is 0.106. The first kappa shape index (κ1) is 37.8. The topological polar surface area (TPSA) is 140 Å². The predicted octanol–water partition coefficient (Wildman–Crippen LogP) is -4.69. The second-order valence-electron chi connectivity index (χ2n) is 8.08. The summed E-state index contributed by atoms with van der Waals surface area (Å²) < 4.78 is 0. The molecule has 40 heavy (non-hydrogen) atoms. The van der Waals surface area contributed by atoms with E-state index >= 15 is 0 Å². The van der Waals surface area contributed by atoms with Crippen molar-refractivity contribution in [1.82, 2.24) is 19.9 Å². The molecule has 0 radical (unpaired) electrons. The monoisotopic (exact) mass is 717 g/mol. The van der Waals surface area contributed by atoms with Crippen molar-refractivity contribution in [2.24, 2.45) is 15.0 Å². The average molecular weight is 719 g/mol. The smallest absolute Gasteiger partial charge is 1.00 e. The number of halogens is 2. The van der Waals surface area contributed by atoms with E-state index in [1.165, 1.54) is 0 Å². The minimum Gasteiger partial charge on any atom is -1.00 e. The van der Waals surface area contributed by atoms with Crippen molar-refractivity contribution in [3.05, 3.63) is 88.8 Å². The maximum absolute atomic E-state index is 9.24. The molecule has 216 valence electrons. The molecule has 3 heterocycles. The van der Waals surface area contributed by atoms with Gasteiger partial charge in [-0.1, -0.05) is 18.2 Å². The van der Waals surface area contributed by atoms with Gasteiger partial charge in [-0.2, -0.15) is 0 Å². The fourth-order valence-electron chi connectivity index (χ4n) is 3.38. The molecular formula is C27H33Br2FeN7O3. The van der Waals surface area contributed by atoms with Crippen LogP contribution in [0.5, 0.6) is 0 Å². The molecule has 0 spiro atoms. The van der Waals surface area contributed by atoms with Crippen molar-refractivity contribution < 1.29 is 66.4 Å². The molecule has 3 aromatic rings. The Kier molecular flexibility index (Phi) is 21.2. The number of aromatic nitrogens is 3. The summed E-state index contributed by atoms with van der Waals surface area (Å²) in [5.74, 6) is 0. The Morgan fingerprint density at radius 3 is 1.12 bits per heavy atom. The second kappa shape index (κ2) is 22.5. The predicted molar refractivity (Wildman–Crippen MR) is 144 cm³/mol. The van der Waals surface area contributed by atoms with Gasteiger partial charge in [0.1, 0.15) is 0 Å². The van der Waals surface area contributed by atoms with Gasteiger partial charge in [-0.05, 0) is 36.4 Å². The molecule has 0 aromatic carbocycles. The van der Waals surface area contributed by atoms with Crippen molar-refractivity contribution >= 4 is 18.6 Å². The Bertz CT molecular complexity index is 1060. The minimum atomic E-state index is -0.101. The number of hydrogen-bond donors (Lipinski definition) is 3. The first-order valence-corrected chi connectivity index (χ1v) is 12.1. The summed E-state index contributed by atoms with van der Waals surface area (Å²) in [6.07, 6.45) is 5.15. The van der Waals surface area contributed by atoms with Gasteiger partial charge < -0.3 is 49.3 Å². The minimum absolute atomic E-state index is 0. The third kappa shape index (κ3) is 14.4. The molecule has 3 rings (SSSR count). The van der Waals surface area contributed by atoms with Crippen molar-refractivity contribution in [3.8, 4) is 0 Å². The summed E-state index contributed by atoms with van der Waals surface area (Å²) in [7, 11) is 0. The fourth-order valence-corrected chi connectivity index (χ4v) is 3.38. The van der Waals surface area contributed by atoms with Crippen LogP contribution < -0.4 is 34.0 Å². The Labute approximate surface area is 266 Å². The number of aliphatic hydroxyl groups is 3. The van der Waals surface area contributed by atoms with Gasteiger partial charge >= 0.3 is 17.1 Å². The summed E-state index contributed by atoms with van der Waals surface area (Å²) >= 11 is 0. The zero-order chi connectivity index (χ0) is 26.1. The van der Waals surface area contributed by atoms with E-state index in [4.69, 9.17) is 0 Å². The summed E-state index contributed by atoms with van der Waals surface area (Å²) in [5, 5.41) is 27.7. The van der Waals surface area contributed by atoms with E-state index < -0.39 is 0 Å². The van der Waals surface area contributed by atoms with Crippen LogP contribution in [0.1, 0.15) is 34.2 Å². The molecule has 0 atom stereocenters. The van der Waals surface area contributed by atoms with Crippen LogP contribution >= 0.6 is 0 Å². The van der Waals surface area contributed by atoms with E-state index in [9.17, 15) is 15.3 Å². The number of aliphatic hydroxyl groups excluding tert-OH is 3. The molecule has 0 saturated carbocycles. The van der Waals surface area contributed by atoms with Crippen LogP contribution in [0.15, 0.2) is 69.6 Å². The molecule has 0 aliphatic rings. The molecule has 10 nitrogen and oxygen atoms in total. The standard InChI is InChI=1S/C27H33N7O3.2BrH.Fe/c35-19-25-7-1-4-22(31-25)16-28-10-13-34(14-11-29-17-23-5-2-8-26(20-36)32-23)15-12-30-18-24-6-3-9-27(21-37)33-24;;;/h1-9,16-18,35-37H,10-15,19-21H2;2*1H;/q;;;+2/p-2.